The van der Waals surface area contributed by atoms with Crippen molar-refractivity contribution in [2.45, 2.75) is 46.8 Å². The van der Waals surface area contributed by atoms with Gasteiger partial charge in [0.1, 0.15) is 13.2 Å². The first kappa shape index (κ1) is 15.2. The summed E-state index contributed by atoms with van der Waals surface area (Å²) < 4.78 is 10.3. The summed E-state index contributed by atoms with van der Waals surface area (Å²) in [6.45, 7) is 5.89. The summed E-state index contributed by atoms with van der Waals surface area (Å²) in [7, 11) is 0. The van der Waals surface area contributed by atoms with Gasteiger partial charge in [0, 0.05) is 12.8 Å². The molecule has 0 bridgehead atoms. The molecule has 0 aliphatic heterocycles. The minimum absolute atomic E-state index is 0.216. The Balaban J connectivity index is 2.77. The number of aryl methyl sites for hydroxylation is 1. The first-order valence-corrected chi connectivity index (χ1v) is 6.47. The third kappa shape index (κ3) is 4.73. The molecule has 4 nitrogen and oxygen atoms in total. The van der Waals surface area contributed by atoms with E-state index in [-0.39, 0.29) is 25.2 Å². The average molecular weight is 264 g/mol. The van der Waals surface area contributed by atoms with Crippen LogP contribution in [-0.2, 0) is 32.3 Å². The first-order chi connectivity index (χ1) is 9.08. The lowest BCUT2D eigenvalue weighted by molar-refractivity contribution is -0.146. The van der Waals surface area contributed by atoms with Gasteiger partial charge in [-0.3, -0.25) is 9.59 Å². The van der Waals surface area contributed by atoms with E-state index in [4.69, 9.17) is 9.47 Å². The van der Waals surface area contributed by atoms with E-state index >= 15 is 0 Å². The Morgan fingerprint density at radius 1 is 1.00 bits per heavy atom. The molecule has 104 valence electrons. The number of carbonyl (C=O) groups excluding carboxylic acids is 2. The van der Waals surface area contributed by atoms with Crippen LogP contribution in [0.15, 0.2) is 18.2 Å². The van der Waals surface area contributed by atoms with Crippen LogP contribution >= 0.6 is 0 Å². The van der Waals surface area contributed by atoms with E-state index in [9.17, 15) is 9.59 Å². The van der Waals surface area contributed by atoms with Crippen LogP contribution in [0, 0.1) is 6.92 Å². The lowest BCUT2D eigenvalue weighted by atomic mass is 10.0. The summed E-state index contributed by atoms with van der Waals surface area (Å²) in [6, 6.07) is 5.72. The molecule has 0 heterocycles. The fraction of sp³-hybridized carbons (Fsp3) is 0.467. The highest BCUT2D eigenvalue weighted by atomic mass is 16.5. The van der Waals surface area contributed by atoms with Gasteiger partial charge < -0.3 is 9.47 Å². The fourth-order valence-electron chi connectivity index (χ4n) is 1.62. The minimum Gasteiger partial charge on any atom is -0.461 e. The van der Waals surface area contributed by atoms with Crippen molar-refractivity contribution in [1.82, 2.24) is 0 Å². The molecule has 19 heavy (non-hydrogen) atoms. The Labute approximate surface area is 113 Å². The van der Waals surface area contributed by atoms with Gasteiger partial charge in [0.15, 0.2) is 0 Å². The van der Waals surface area contributed by atoms with Gasteiger partial charge in [-0.1, -0.05) is 32.0 Å². The summed E-state index contributed by atoms with van der Waals surface area (Å²) in [5.74, 6) is -0.474. The van der Waals surface area contributed by atoms with Crippen LogP contribution in [0.1, 0.15) is 43.4 Å². The molecule has 1 aromatic rings. The topological polar surface area (TPSA) is 52.6 Å². The standard InChI is InChI=1S/C15H20O4/c1-4-14(16)18-9-12-8-6-7-11(3)13(12)10-19-15(17)5-2/h6-8H,4-5,9-10H2,1-3H3. The van der Waals surface area contributed by atoms with Crippen molar-refractivity contribution in [2.75, 3.05) is 0 Å². The van der Waals surface area contributed by atoms with Gasteiger partial charge in [-0.15, -0.1) is 0 Å². The predicted molar refractivity (Wildman–Crippen MR) is 71.4 cm³/mol. The zero-order chi connectivity index (χ0) is 14.3. The van der Waals surface area contributed by atoms with Crippen LogP contribution in [0.5, 0.6) is 0 Å². The number of rotatable bonds is 6. The molecule has 0 radical (unpaired) electrons. The van der Waals surface area contributed by atoms with E-state index in [1.807, 2.05) is 25.1 Å². The monoisotopic (exact) mass is 264 g/mol. The zero-order valence-electron chi connectivity index (χ0n) is 11.7. The van der Waals surface area contributed by atoms with Gasteiger partial charge >= 0.3 is 11.9 Å². The van der Waals surface area contributed by atoms with E-state index in [1.165, 1.54) is 0 Å². The van der Waals surface area contributed by atoms with Crippen LogP contribution in [0.2, 0.25) is 0 Å². The van der Waals surface area contributed by atoms with E-state index in [1.54, 1.807) is 13.8 Å². The fourth-order valence-corrected chi connectivity index (χ4v) is 1.62. The van der Waals surface area contributed by atoms with E-state index in [2.05, 4.69) is 0 Å². The quantitative estimate of drug-likeness (QED) is 0.741. The number of hydrogen-bond donors (Lipinski definition) is 0. The summed E-state index contributed by atoms with van der Waals surface area (Å²) in [5.41, 5.74) is 2.81. The molecule has 0 aromatic heterocycles. The summed E-state index contributed by atoms with van der Waals surface area (Å²) in [5, 5.41) is 0. The van der Waals surface area contributed by atoms with Crippen LogP contribution < -0.4 is 0 Å². The maximum atomic E-state index is 11.2. The molecular formula is C15H20O4. The molecule has 0 aliphatic carbocycles. The predicted octanol–water partition coefficient (Wildman–Crippen LogP) is 2.90. The molecule has 0 atom stereocenters. The summed E-state index contributed by atoms with van der Waals surface area (Å²) in [4.78, 5) is 22.4. The Bertz CT molecular complexity index is 451. The Hall–Kier alpha value is -1.84. The number of benzene rings is 1. The second-order valence-corrected chi connectivity index (χ2v) is 4.24. The second-order valence-electron chi connectivity index (χ2n) is 4.24. The minimum atomic E-state index is -0.238. The highest BCUT2D eigenvalue weighted by Gasteiger charge is 2.10. The lowest BCUT2D eigenvalue weighted by Crippen LogP contribution is -2.09. The molecule has 0 fully saturated rings. The number of carbonyl (C=O) groups is 2. The Morgan fingerprint density at radius 3 is 2.16 bits per heavy atom. The van der Waals surface area contributed by atoms with Gasteiger partial charge in [0.2, 0.25) is 0 Å². The number of esters is 2. The van der Waals surface area contributed by atoms with Crippen LogP contribution in [0.3, 0.4) is 0 Å². The lowest BCUT2D eigenvalue weighted by Gasteiger charge is -2.13. The van der Waals surface area contributed by atoms with Gasteiger partial charge in [-0.25, -0.2) is 0 Å². The number of ether oxygens (including phenoxy) is 2. The normalized spacial score (nSPS) is 10.1. The van der Waals surface area contributed by atoms with Gasteiger partial charge in [-0.05, 0) is 23.6 Å². The largest absolute Gasteiger partial charge is 0.461 e. The van der Waals surface area contributed by atoms with Crippen molar-refractivity contribution in [3.63, 3.8) is 0 Å². The summed E-state index contributed by atoms with van der Waals surface area (Å²) in [6.07, 6.45) is 0.706. The van der Waals surface area contributed by atoms with Gasteiger partial charge in [0.25, 0.3) is 0 Å². The smallest absolute Gasteiger partial charge is 0.305 e. The maximum Gasteiger partial charge on any atom is 0.305 e. The second kappa shape index (κ2) is 7.56. The molecule has 0 aliphatic rings. The van der Waals surface area contributed by atoms with Crippen LogP contribution in [0.4, 0.5) is 0 Å². The highest BCUT2D eigenvalue weighted by molar-refractivity contribution is 5.69. The first-order valence-electron chi connectivity index (χ1n) is 6.47. The highest BCUT2D eigenvalue weighted by Crippen LogP contribution is 2.17. The van der Waals surface area contributed by atoms with Crippen molar-refractivity contribution >= 4 is 11.9 Å². The van der Waals surface area contributed by atoms with Gasteiger partial charge in [0.05, 0.1) is 0 Å². The van der Waals surface area contributed by atoms with Gasteiger partial charge in [-0.2, -0.15) is 0 Å². The Kier molecular flexibility index (Phi) is 6.06. The molecule has 1 aromatic carbocycles. The van der Waals surface area contributed by atoms with Crippen molar-refractivity contribution < 1.29 is 19.1 Å². The molecule has 1 rings (SSSR count). The van der Waals surface area contributed by atoms with Crippen molar-refractivity contribution in [3.8, 4) is 0 Å². The maximum absolute atomic E-state index is 11.2. The molecule has 0 N–H and O–H groups in total. The van der Waals surface area contributed by atoms with Crippen molar-refractivity contribution in [2.24, 2.45) is 0 Å². The van der Waals surface area contributed by atoms with E-state index < -0.39 is 0 Å². The molecule has 0 spiro atoms. The zero-order valence-corrected chi connectivity index (χ0v) is 11.7. The van der Waals surface area contributed by atoms with E-state index in [0.717, 1.165) is 16.7 Å². The third-order valence-electron chi connectivity index (χ3n) is 2.85. The van der Waals surface area contributed by atoms with Crippen molar-refractivity contribution in [1.29, 1.82) is 0 Å². The molecule has 0 saturated carbocycles. The molecule has 0 unspecified atom stereocenters. The molecular weight excluding hydrogens is 244 g/mol. The third-order valence-corrected chi connectivity index (χ3v) is 2.85. The molecule has 0 amide bonds. The van der Waals surface area contributed by atoms with Crippen LogP contribution in [-0.4, -0.2) is 11.9 Å². The number of hydrogen-bond acceptors (Lipinski definition) is 4. The SMILES string of the molecule is CCC(=O)OCc1cccc(C)c1COC(=O)CC. The molecule has 4 heteroatoms. The Morgan fingerprint density at radius 2 is 1.58 bits per heavy atom. The van der Waals surface area contributed by atoms with Crippen LogP contribution in [0.25, 0.3) is 0 Å². The molecule has 0 saturated heterocycles. The van der Waals surface area contributed by atoms with E-state index in [0.29, 0.717) is 12.8 Å². The average Bonchev–Trinajstić information content (AvgIpc) is 2.43. The van der Waals surface area contributed by atoms with Crippen molar-refractivity contribution in [3.05, 3.63) is 34.9 Å². The summed E-state index contributed by atoms with van der Waals surface area (Å²) >= 11 is 0.